The van der Waals surface area contributed by atoms with Crippen LogP contribution in [0.15, 0.2) is 27.7 Å². The van der Waals surface area contributed by atoms with Gasteiger partial charge < -0.3 is 19.9 Å². The average molecular weight is 522 g/mol. The molecular weight excluding hydrogens is 493 g/mol. The predicted molar refractivity (Wildman–Crippen MR) is 120 cm³/mol. The van der Waals surface area contributed by atoms with Gasteiger partial charge in [-0.1, -0.05) is 22.9 Å². The average Bonchev–Trinajstić information content (AvgIpc) is 2.96. The standard InChI is InChI=1S/C20H28F2N4O2.HI/c1-5-23-20(24-10-6-7-17-14(3)26-28-15(17)4)25-12-16-11-13(2)8-9-18(16)27-19(21)22;/h8-9,11,19H,5-7,10,12H2,1-4H3,(H2,23,24,25);1H. The highest BCUT2D eigenvalue weighted by Crippen LogP contribution is 2.23. The van der Waals surface area contributed by atoms with E-state index in [9.17, 15) is 8.78 Å². The van der Waals surface area contributed by atoms with Crippen LogP contribution in [0.4, 0.5) is 8.78 Å². The van der Waals surface area contributed by atoms with Crippen molar-refractivity contribution in [2.24, 2.45) is 4.99 Å². The van der Waals surface area contributed by atoms with E-state index >= 15 is 0 Å². The fraction of sp³-hybridized carbons (Fsp3) is 0.500. The van der Waals surface area contributed by atoms with Crippen molar-refractivity contribution < 1.29 is 18.0 Å². The Morgan fingerprint density at radius 2 is 2.00 bits per heavy atom. The van der Waals surface area contributed by atoms with Gasteiger partial charge in [-0.05, 0) is 46.6 Å². The lowest BCUT2D eigenvalue weighted by atomic mass is 10.1. The molecule has 2 N–H and O–H groups in total. The largest absolute Gasteiger partial charge is 0.434 e. The third kappa shape index (κ3) is 8.15. The minimum Gasteiger partial charge on any atom is -0.434 e. The third-order valence-electron chi connectivity index (χ3n) is 4.26. The number of halogens is 3. The number of hydrogen-bond donors (Lipinski definition) is 2. The number of nitrogens with one attached hydrogen (secondary N) is 2. The van der Waals surface area contributed by atoms with Gasteiger partial charge in [0.1, 0.15) is 11.5 Å². The molecule has 0 aliphatic rings. The second-order valence-corrected chi connectivity index (χ2v) is 6.52. The van der Waals surface area contributed by atoms with Crippen molar-refractivity contribution in [3.8, 4) is 5.75 Å². The molecule has 2 aromatic rings. The van der Waals surface area contributed by atoms with Crippen LogP contribution in [0.2, 0.25) is 0 Å². The Hall–Kier alpha value is -1.91. The molecule has 1 heterocycles. The SMILES string of the molecule is CCNC(=NCc1cc(C)ccc1OC(F)F)NCCCc1c(C)noc1C.I. The van der Waals surface area contributed by atoms with Crippen molar-refractivity contribution in [2.45, 2.75) is 53.7 Å². The first-order valence-electron chi connectivity index (χ1n) is 9.39. The normalized spacial score (nSPS) is 11.3. The highest BCUT2D eigenvalue weighted by molar-refractivity contribution is 14.0. The van der Waals surface area contributed by atoms with E-state index in [-0.39, 0.29) is 36.3 Å². The zero-order valence-corrected chi connectivity index (χ0v) is 19.6. The van der Waals surface area contributed by atoms with Crippen LogP contribution in [0.5, 0.6) is 5.75 Å². The van der Waals surface area contributed by atoms with Crippen LogP contribution in [-0.2, 0) is 13.0 Å². The summed E-state index contributed by atoms with van der Waals surface area (Å²) < 4.78 is 35.0. The first kappa shape index (κ1) is 25.1. The first-order chi connectivity index (χ1) is 13.4. The van der Waals surface area contributed by atoms with Gasteiger partial charge >= 0.3 is 6.61 Å². The quantitative estimate of drug-likeness (QED) is 0.220. The van der Waals surface area contributed by atoms with Gasteiger partial charge in [-0.25, -0.2) is 4.99 Å². The summed E-state index contributed by atoms with van der Waals surface area (Å²) in [4.78, 5) is 4.50. The molecule has 162 valence electrons. The van der Waals surface area contributed by atoms with E-state index in [0.29, 0.717) is 24.6 Å². The van der Waals surface area contributed by atoms with Crippen LogP contribution in [0, 0.1) is 20.8 Å². The summed E-state index contributed by atoms with van der Waals surface area (Å²) >= 11 is 0. The summed E-state index contributed by atoms with van der Waals surface area (Å²) in [5.41, 5.74) is 3.64. The Balaban J connectivity index is 0.00000420. The number of hydrogen-bond acceptors (Lipinski definition) is 4. The molecule has 0 atom stereocenters. The van der Waals surface area contributed by atoms with Crippen molar-refractivity contribution in [3.05, 3.63) is 46.3 Å². The van der Waals surface area contributed by atoms with Gasteiger partial charge in [0, 0.05) is 24.2 Å². The maximum atomic E-state index is 12.6. The van der Waals surface area contributed by atoms with Crippen molar-refractivity contribution in [2.75, 3.05) is 13.1 Å². The Labute approximate surface area is 187 Å². The van der Waals surface area contributed by atoms with Gasteiger partial charge in [-0.15, -0.1) is 24.0 Å². The van der Waals surface area contributed by atoms with E-state index in [1.807, 2.05) is 33.8 Å². The molecule has 0 aliphatic heterocycles. The summed E-state index contributed by atoms with van der Waals surface area (Å²) in [6, 6.07) is 5.10. The molecule has 0 radical (unpaired) electrons. The molecule has 0 saturated carbocycles. The molecule has 0 amide bonds. The number of benzene rings is 1. The van der Waals surface area contributed by atoms with E-state index in [0.717, 1.165) is 35.4 Å². The topological polar surface area (TPSA) is 71.7 Å². The summed E-state index contributed by atoms with van der Waals surface area (Å²) in [5, 5.41) is 10.4. The van der Waals surface area contributed by atoms with Gasteiger partial charge in [-0.3, -0.25) is 0 Å². The highest BCUT2D eigenvalue weighted by atomic mass is 127. The molecule has 29 heavy (non-hydrogen) atoms. The number of alkyl halides is 2. The maximum absolute atomic E-state index is 12.6. The van der Waals surface area contributed by atoms with Crippen LogP contribution < -0.4 is 15.4 Å². The van der Waals surface area contributed by atoms with Gasteiger partial charge in [0.2, 0.25) is 0 Å². The van der Waals surface area contributed by atoms with Crippen LogP contribution in [-0.4, -0.2) is 30.8 Å². The minimum atomic E-state index is -2.86. The van der Waals surface area contributed by atoms with E-state index in [1.54, 1.807) is 12.1 Å². The number of nitrogens with zero attached hydrogens (tertiary/aromatic N) is 2. The monoisotopic (exact) mass is 522 g/mol. The first-order valence-corrected chi connectivity index (χ1v) is 9.39. The number of ether oxygens (including phenoxy) is 1. The zero-order valence-electron chi connectivity index (χ0n) is 17.2. The summed E-state index contributed by atoms with van der Waals surface area (Å²) in [6.45, 7) is 6.51. The Morgan fingerprint density at radius 1 is 1.24 bits per heavy atom. The Kier molecular flexibility index (Phi) is 10.9. The minimum absolute atomic E-state index is 0. The molecule has 0 aliphatic carbocycles. The maximum Gasteiger partial charge on any atom is 0.387 e. The van der Waals surface area contributed by atoms with Crippen molar-refractivity contribution in [1.82, 2.24) is 15.8 Å². The lowest BCUT2D eigenvalue weighted by Gasteiger charge is -2.13. The molecule has 0 saturated heterocycles. The predicted octanol–water partition coefficient (Wildman–Crippen LogP) is 4.51. The smallest absolute Gasteiger partial charge is 0.387 e. The zero-order chi connectivity index (χ0) is 20.5. The number of aryl methyl sites for hydroxylation is 3. The molecule has 6 nitrogen and oxygen atoms in total. The van der Waals surface area contributed by atoms with Crippen molar-refractivity contribution >= 4 is 29.9 Å². The van der Waals surface area contributed by atoms with Crippen LogP contribution in [0.3, 0.4) is 0 Å². The molecule has 0 unspecified atom stereocenters. The number of aliphatic imine (C=N–C) groups is 1. The second kappa shape index (κ2) is 12.6. The second-order valence-electron chi connectivity index (χ2n) is 6.52. The van der Waals surface area contributed by atoms with E-state index in [1.165, 1.54) is 0 Å². The summed E-state index contributed by atoms with van der Waals surface area (Å²) in [7, 11) is 0. The Bertz CT molecular complexity index is 777. The molecule has 0 fully saturated rings. The van der Waals surface area contributed by atoms with Crippen LogP contribution in [0.25, 0.3) is 0 Å². The fourth-order valence-corrected chi connectivity index (χ4v) is 2.88. The molecule has 9 heteroatoms. The summed E-state index contributed by atoms with van der Waals surface area (Å²) in [6.07, 6.45) is 1.75. The summed E-state index contributed by atoms with van der Waals surface area (Å²) in [5.74, 6) is 1.63. The molecule has 0 spiro atoms. The third-order valence-corrected chi connectivity index (χ3v) is 4.26. The lowest BCUT2D eigenvalue weighted by molar-refractivity contribution is -0.0504. The van der Waals surface area contributed by atoms with Gasteiger partial charge in [0.15, 0.2) is 5.96 Å². The molecule has 0 bridgehead atoms. The van der Waals surface area contributed by atoms with E-state index in [4.69, 9.17) is 4.52 Å². The van der Waals surface area contributed by atoms with E-state index < -0.39 is 6.61 Å². The molecular formula is C20H29F2IN4O2. The van der Waals surface area contributed by atoms with Crippen molar-refractivity contribution in [3.63, 3.8) is 0 Å². The van der Waals surface area contributed by atoms with Gasteiger partial charge in [0.05, 0.1) is 12.2 Å². The molecule has 2 rings (SSSR count). The molecule has 1 aromatic carbocycles. The number of aromatic nitrogens is 1. The van der Waals surface area contributed by atoms with Crippen molar-refractivity contribution in [1.29, 1.82) is 0 Å². The Morgan fingerprint density at radius 3 is 2.62 bits per heavy atom. The highest BCUT2D eigenvalue weighted by Gasteiger charge is 2.11. The van der Waals surface area contributed by atoms with Gasteiger partial charge in [-0.2, -0.15) is 8.78 Å². The van der Waals surface area contributed by atoms with Crippen LogP contribution >= 0.6 is 24.0 Å². The van der Waals surface area contributed by atoms with E-state index in [2.05, 4.69) is 25.5 Å². The van der Waals surface area contributed by atoms with Gasteiger partial charge in [0.25, 0.3) is 0 Å². The van der Waals surface area contributed by atoms with Crippen LogP contribution in [0.1, 0.15) is 41.5 Å². The fourth-order valence-electron chi connectivity index (χ4n) is 2.88. The number of rotatable bonds is 9. The molecule has 1 aromatic heterocycles. The lowest BCUT2D eigenvalue weighted by Crippen LogP contribution is -2.37. The number of guanidine groups is 1.